The lowest BCUT2D eigenvalue weighted by Crippen LogP contribution is -2.42. The summed E-state index contributed by atoms with van der Waals surface area (Å²) in [4.78, 5) is 30.8. The van der Waals surface area contributed by atoms with Crippen molar-refractivity contribution in [3.05, 3.63) is 58.7 Å². The molecule has 166 valence electrons. The van der Waals surface area contributed by atoms with Crippen LogP contribution in [-0.4, -0.2) is 43.0 Å². The number of ether oxygens (including phenoxy) is 2. The molecule has 0 aromatic heterocycles. The lowest BCUT2D eigenvalue weighted by Gasteiger charge is -2.37. The lowest BCUT2D eigenvalue weighted by atomic mass is 9.91. The predicted molar refractivity (Wildman–Crippen MR) is 123 cm³/mol. The summed E-state index contributed by atoms with van der Waals surface area (Å²) >= 11 is 6.08. The Morgan fingerprint density at radius 1 is 0.875 bits per heavy atom. The van der Waals surface area contributed by atoms with Crippen LogP contribution in [0.25, 0.3) is 5.57 Å². The number of nitrogens with zero attached hydrogens (tertiary/aromatic N) is 2. The number of likely N-dealkylation sites (tertiary alicyclic amines) is 1. The molecule has 0 spiro atoms. The number of piperidine rings is 1. The van der Waals surface area contributed by atoms with Gasteiger partial charge >= 0.3 is 0 Å². The fourth-order valence-corrected chi connectivity index (χ4v) is 5.07. The third-order valence-electron chi connectivity index (χ3n) is 6.16. The summed E-state index contributed by atoms with van der Waals surface area (Å²) in [5.74, 6) is 1.38. The van der Waals surface area contributed by atoms with Crippen molar-refractivity contribution in [2.24, 2.45) is 11.8 Å². The zero-order valence-corrected chi connectivity index (χ0v) is 18.9. The van der Waals surface area contributed by atoms with E-state index < -0.39 is 0 Å². The van der Waals surface area contributed by atoms with Gasteiger partial charge in [-0.2, -0.15) is 0 Å². The molecule has 2 unspecified atom stereocenters. The molecule has 2 amide bonds. The molecule has 1 saturated heterocycles. The van der Waals surface area contributed by atoms with Crippen LogP contribution in [0.3, 0.4) is 0 Å². The first-order valence-corrected chi connectivity index (χ1v) is 11.3. The van der Waals surface area contributed by atoms with E-state index in [-0.39, 0.29) is 11.8 Å². The zero-order valence-electron chi connectivity index (χ0n) is 18.1. The molecule has 2 atom stereocenters. The fraction of sp³-hybridized carbons (Fsp3) is 0.360. The highest BCUT2D eigenvalue weighted by atomic mass is 35.5. The van der Waals surface area contributed by atoms with Gasteiger partial charge in [0.2, 0.25) is 0 Å². The van der Waals surface area contributed by atoms with E-state index in [0.717, 1.165) is 19.5 Å². The highest BCUT2D eigenvalue weighted by Crippen LogP contribution is 2.40. The van der Waals surface area contributed by atoms with Crippen LogP contribution in [0.5, 0.6) is 11.5 Å². The van der Waals surface area contributed by atoms with Crippen molar-refractivity contribution in [2.45, 2.75) is 20.3 Å². The molecule has 32 heavy (non-hydrogen) atoms. The number of carbonyl (C=O) groups is 2. The first-order chi connectivity index (χ1) is 15.4. The number of imide groups is 1. The molecule has 0 aliphatic carbocycles. The third-order valence-corrected chi connectivity index (χ3v) is 6.41. The van der Waals surface area contributed by atoms with Crippen LogP contribution in [0, 0.1) is 11.8 Å². The first-order valence-electron chi connectivity index (χ1n) is 11.0. The van der Waals surface area contributed by atoms with Crippen molar-refractivity contribution in [3.63, 3.8) is 0 Å². The van der Waals surface area contributed by atoms with Crippen LogP contribution in [0.15, 0.2) is 48.2 Å². The average molecular weight is 453 g/mol. The van der Waals surface area contributed by atoms with Crippen molar-refractivity contribution in [1.29, 1.82) is 0 Å². The second kappa shape index (κ2) is 8.17. The molecular weight excluding hydrogens is 428 g/mol. The van der Waals surface area contributed by atoms with Gasteiger partial charge in [-0.1, -0.05) is 37.6 Å². The van der Waals surface area contributed by atoms with Crippen LogP contribution < -0.4 is 14.4 Å². The van der Waals surface area contributed by atoms with Crippen molar-refractivity contribution in [2.75, 3.05) is 31.2 Å². The topological polar surface area (TPSA) is 59.1 Å². The summed E-state index contributed by atoms with van der Waals surface area (Å²) in [5.41, 5.74) is 2.05. The van der Waals surface area contributed by atoms with Gasteiger partial charge in [0, 0.05) is 24.2 Å². The second-order valence-corrected chi connectivity index (χ2v) is 9.29. The molecule has 3 aliphatic heterocycles. The summed E-state index contributed by atoms with van der Waals surface area (Å²) in [5, 5.41) is 0.580. The van der Waals surface area contributed by atoms with Crippen LogP contribution in [-0.2, 0) is 9.59 Å². The minimum absolute atomic E-state index is 0.307. The van der Waals surface area contributed by atoms with Gasteiger partial charge in [-0.3, -0.25) is 9.59 Å². The molecule has 1 fully saturated rings. The van der Waals surface area contributed by atoms with Gasteiger partial charge in [0.05, 0.1) is 11.3 Å². The molecule has 6 nitrogen and oxygen atoms in total. The maximum atomic E-state index is 13.8. The highest BCUT2D eigenvalue weighted by molar-refractivity contribution is 6.45. The molecule has 3 aliphatic rings. The highest BCUT2D eigenvalue weighted by Gasteiger charge is 2.44. The van der Waals surface area contributed by atoms with E-state index in [9.17, 15) is 9.59 Å². The number of benzene rings is 2. The Morgan fingerprint density at radius 3 is 2.22 bits per heavy atom. The molecule has 5 rings (SSSR count). The predicted octanol–water partition coefficient (Wildman–Crippen LogP) is 4.37. The number of fused-ring (bicyclic) bond motifs is 1. The Labute approximate surface area is 192 Å². The van der Waals surface area contributed by atoms with Gasteiger partial charge < -0.3 is 14.4 Å². The van der Waals surface area contributed by atoms with Gasteiger partial charge in [-0.05, 0) is 48.1 Å². The molecule has 2 aromatic carbocycles. The van der Waals surface area contributed by atoms with Gasteiger partial charge in [-0.15, -0.1) is 0 Å². The number of amides is 2. The Hall–Kier alpha value is -2.99. The largest absolute Gasteiger partial charge is 0.486 e. The van der Waals surface area contributed by atoms with Crippen molar-refractivity contribution < 1.29 is 19.1 Å². The smallest absolute Gasteiger partial charge is 0.282 e. The summed E-state index contributed by atoms with van der Waals surface area (Å²) in [6.07, 6.45) is 1.11. The summed E-state index contributed by atoms with van der Waals surface area (Å²) in [7, 11) is 0. The van der Waals surface area contributed by atoms with Crippen molar-refractivity contribution >= 4 is 34.7 Å². The van der Waals surface area contributed by atoms with Crippen molar-refractivity contribution in [3.8, 4) is 11.5 Å². The molecule has 3 heterocycles. The van der Waals surface area contributed by atoms with E-state index in [1.165, 1.54) is 4.90 Å². The van der Waals surface area contributed by atoms with Crippen molar-refractivity contribution in [1.82, 2.24) is 4.90 Å². The Kier molecular flexibility index (Phi) is 5.33. The molecule has 0 bridgehead atoms. The molecule has 7 heteroatoms. The van der Waals surface area contributed by atoms with Crippen LogP contribution in [0.1, 0.15) is 25.8 Å². The minimum atomic E-state index is -0.338. The quantitative estimate of drug-likeness (QED) is 0.647. The van der Waals surface area contributed by atoms with E-state index in [1.807, 2.05) is 0 Å². The summed E-state index contributed by atoms with van der Waals surface area (Å²) in [6, 6.07) is 12.3. The number of rotatable bonds is 3. The number of hydrogen-bond donors (Lipinski definition) is 0. The van der Waals surface area contributed by atoms with Crippen LogP contribution in [0.4, 0.5) is 5.69 Å². The molecule has 0 N–H and O–H groups in total. The number of hydrogen-bond acceptors (Lipinski definition) is 5. The SMILES string of the molecule is CC1CC(C)CN(C2=C(c3ccc(Cl)cc3)C(=O)N(c3ccc4c(c3)OCCO4)C2=O)C1. The lowest BCUT2D eigenvalue weighted by molar-refractivity contribution is -0.120. The maximum Gasteiger partial charge on any atom is 0.282 e. The van der Waals surface area contributed by atoms with E-state index in [1.54, 1.807) is 42.5 Å². The van der Waals surface area contributed by atoms with Crippen LogP contribution >= 0.6 is 11.6 Å². The summed E-state index contributed by atoms with van der Waals surface area (Å²) in [6.45, 7) is 6.76. The zero-order chi connectivity index (χ0) is 22.4. The molecule has 2 aromatic rings. The normalized spacial score (nSPS) is 23.2. The average Bonchev–Trinajstić information content (AvgIpc) is 3.03. The molecule has 0 saturated carbocycles. The minimum Gasteiger partial charge on any atom is -0.486 e. The Morgan fingerprint density at radius 2 is 1.53 bits per heavy atom. The van der Waals surface area contributed by atoms with Gasteiger partial charge in [0.15, 0.2) is 11.5 Å². The number of anilines is 1. The Balaban J connectivity index is 1.59. The number of carbonyl (C=O) groups excluding carboxylic acids is 2. The van der Waals surface area contributed by atoms with Gasteiger partial charge in [0.25, 0.3) is 11.8 Å². The first kappa shape index (κ1) is 20.9. The van der Waals surface area contributed by atoms with Gasteiger partial charge in [0.1, 0.15) is 18.9 Å². The third kappa shape index (κ3) is 3.62. The van der Waals surface area contributed by atoms with E-state index in [4.69, 9.17) is 21.1 Å². The monoisotopic (exact) mass is 452 g/mol. The van der Waals surface area contributed by atoms with Gasteiger partial charge in [-0.25, -0.2) is 4.90 Å². The fourth-order valence-electron chi connectivity index (χ4n) is 4.94. The maximum absolute atomic E-state index is 13.8. The standard InChI is InChI=1S/C25H25ClN2O4/c1-15-11-16(2)14-27(13-15)23-22(17-3-5-18(26)6-4-17)24(29)28(25(23)30)19-7-8-20-21(12-19)32-10-9-31-20/h3-8,12,15-16H,9-11,13-14H2,1-2H3. The van der Waals surface area contributed by atoms with E-state index in [0.29, 0.717) is 64.1 Å². The summed E-state index contributed by atoms with van der Waals surface area (Å²) < 4.78 is 11.3. The molecular formula is C25H25ClN2O4. The Bertz CT molecular complexity index is 1100. The van der Waals surface area contributed by atoms with E-state index >= 15 is 0 Å². The number of halogens is 1. The van der Waals surface area contributed by atoms with E-state index in [2.05, 4.69) is 18.7 Å². The second-order valence-electron chi connectivity index (χ2n) is 8.86. The van der Waals surface area contributed by atoms with Crippen LogP contribution in [0.2, 0.25) is 5.02 Å². The molecule has 0 radical (unpaired) electrons.